The number of piperazine rings is 1. The van der Waals surface area contributed by atoms with Crippen LogP contribution >= 0.6 is 22.7 Å². The summed E-state index contributed by atoms with van der Waals surface area (Å²) in [5, 5.41) is 17.7. The summed E-state index contributed by atoms with van der Waals surface area (Å²) in [6.45, 7) is 4.80. The predicted molar refractivity (Wildman–Crippen MR) is 130 cm³/mol. The standard InChI is InChI=1S/C24H23N5O2S2/c30-23-21(33-24-25-22(26-29(23)24)18-8-4-14-31-18)20(19-9-5-15-32-19)28-12-10-27(11-13-28)16-17-6-2-1-3-7-17/h1-9,14-15,20,30H,10-13,16H2/t20-/m1/s1. The number of aromatic hydroxyl groups is 1. The maximum atomic E-state index is 11.2. The summed E-state index contributed by atoms with van der Waals surface area (Å²) >= 11 is 3.22. The SMILES string of the molecule is Oc1c([C@@H](c2cccs2)N2CCN(Cc3ccccc3)CC2)sc2nc(-c3ccco3)nn12. The van der Waals surface area contributed by atoms with Crippen LogP contribution in [0.4, 0.5) is 0 Å². The lowest BCUT2D eigenvalue weighted by Gasteiger charge is -2.38. The average molecular weight is 478 g/mol. The highest BCUT2D eigenvalue weighted by atomic mass is 32.1. The van der Waals surface area contributed by atoms with Gasteiger partial charge in [0, 0.05) is 37.6 Å². The fourth-order valence-electron chi connectivity index (χ4n) is 4.38. The van der Waals surface area contributed by atoms with E-state index in [2.05, 4.69) is 67.7 Å². The minimum Gasteiger partial charge on any atom is -0.492 e. The lowest BCUT2D eigenvalue weighted by Crippen LogP contribution is -2.47. The van der Waals surface area contributed by atoms with Crippen LogP contribution in [0.25, 0.3) is 16.5 Å². The molecule has 1 fully saturated rings. The van der Waals surface area contributed by atoms with Gasteiger partial charge in [-0.05, 0) is 29.1 Å². The molecule has 1 saturated heterocycles. The second-order valence-electron chi connectivity index (χ2n) is 8.11. The Balaban J connectivity index is 1.26. The number of furan rings is 1. The monoisotopic (exact) mass is 477 g/mol. The first-order valence-corrected chi connectivity index (χ1v) is 12.6. The van der Waals surface area contributed by atoms with Crippen molar-refractivity contribution in [3.63, 3.8) is 0 Å². The van der Waals surface area contributed by atoms with Crippen LogP contribution in [0.1, 0.15) is 21.4 Å². The Kier molecular flexibility index (Phi) is 5.47. The summed E-state index contributed by atoms with van der Waals surface area (Å²) in [6.07, 6.45) is 1.60. The molecule has 5 aromatic rings. The number of thiazole rings is 1. The van der Waals surface area contributed by atoms with E-state index in [1.54, 1.807) is 23.7 Å². The molecule has 0 spiro atoms. The van der Waals surface area contributed by atoms with Gasteiger partial charge < -0.3 is 9.52 Å². The molecular weight excluding hydrogens is 454 g/mol. The third-order valence-corrected chi connectivity index (χ3v) is 8.02. The molecule has 33 heavy (non-hydrogen) atoms. The molecule has 1 aromatic carbocycles. The van der Waals surface area contributed by atoms with E-state index < -0.39 is 0 Å². The molecule has 0 amide bonds. The van der Waals surface area contributed by atoms with E-state index >= 15 is 0 Å². The third-order valence-electron chi connectivity index (χ3n) is 6.02. The molecule has 168 valence electrons. The number of thiophene rings is 1. The van der Waals surface area contributed by atoms with Crippen molar-refractivity contribution in [3.05, 3.63) is 81.6 Å². The number of fused-ring (bicyclic) bond motifs is 1. The van der Waals surface area contributed by atoms with Gasteiger partial charge in [-0.2, -0.15) is 9.50 Å². The van der Waals surface area contributed by atoms with Gasteiger partial charge in [0.15, 0.2) is 5.76 Å². The van der Waals surface area contributed by atoms with E-state index in [1.165, 1.54) is 26.3 Å². The molecule has 5 heterocycles. The van der Waals surface area contributed by atoms with Crippen molar-refractivity contribution in [3.8, 4) is 17.5 Å². The molecule has 0 saturated carbocycles. The lowest BCUT2D eigenvalue weighted by atomic mass is 10.1. The molecule has 1 N–H and O–H groups in total. The van der Waals surface area contributed by atoms with E-state index in [4.69, 9.17) is 4.42 Å². The maximum Gasteiger partial charge on any atom is 0.230 e. The van der Waals surface area contributed by atoms with Gasteiger partial charge in [-0.3, -0.25) is 9.80 Å². The van der Waals surface area contributed by atoms with Gasteiger partial charge in [-0.25, -0.2) is 0 Å². The molecule has 1 atom stereocenters. The fourth-order valence-corrected chi connectivity index (χ4v) is 6.43. The van der Waals surface area contributed by atoms with Crippen molar-refractivity contribution >= 4 is 27.6 Å². The van der Waals surface area contributed by atoms with Crippen LogP contribution in [0.2, 0.25) is 0 Å². The zero-order chi connectivity index (χ0) is 22.2. The molecule has 7 nitrogen and oxygen atoms in total. The Morgan fingerprint density at radius 2 is 1.85 bits per heavy atom. The number of hydrogen-bond donors (Lipinski definition) is 1. The van der Waals surface area contributed by atoms with Crippen LogP contribution in [0, 0.1) is 0 Å². The summed E-state index contributed by atoms with van der Waals surface area (Å²) in [5.74, 6) is 1.23. The fraction of sp³-hybridized carbons (Fsp3) is 0.250. The van der Waals surface area contributed by atoms with Crippen LogP contribution in [0.15, 0.2) is 70.7 Å². The van der Waals surface area contributed by atoms with Crippen LogP contribution < -0.4 is 0 Å². The normalized spacial score (nSPS) is 16.5. The molecular formula is C24H23N5O2S2. The van der Waals surface area contributed by atoms with Crippen LogP contribution in [-0.4, -0.2) is 55.7 Å². The first kappa shape index (κ1) is 20.6. The summed E-state index contributed by atoms with van der Waals surface area (Å²) in [6, 6.07) is 18.5. The molecule has 1 aliphatic heterocycles. The molecule has 1 aliphatic rings. The summed E-state index contributed by atoms with van der Waals surface area (Å²) in [4.78, 5) is 12.3. The van der Waals surface area contributed by atoms with Crippen LogP contribution in [-0.2, 0) is 6.54 Å². The van der Waals surface area contributed by atoms with Gasteiger partial charge in [0.1, 0.15) is 0 Å². The van der Waals surface area contributed by atoms with Crippen molar-refractivity contribution in [1.29, 1.82) is 0 Å². The molecule has 9 heteroatoms. The largest absolute Gasteiger partial charge is 0.492 e. The highest BCUT2D eigenvalue weighted by Crippen LogP contribution is 2.42. The van der Waals surface area contributed by atoms with Crippen LogP contribution in [0.5, 0.6) is 5.88 Å². The first-order valence-electron chi connectivity index (χ1n) is 10.9. The molecule has 0 bridgehead atoms. The number of hydrogen-bond acceptors (Lipinski definition) is 8. The minimum atomic E-state index is -0.00978. The maximum absolute atomic E-state index is 11.2. The van der Waals surface area contributed by atoms with Crippen molar-refractivity contribution in [1.82, 2.24) is 24.4 Å². The van der Waals surface area contributed by atoms with Gasteiger partial charge in [-0.15, -0.1) is 16.4 Å². The minimum absolute atomic E-state index is 0.00978. The Bertz CT molecular complexity index is 1320. The first-order chi connectivity index (χ1) is 16.3. The van der Waals surface area contributed by atoms with Gasteiger partial charge >= 0.3 is 0 Å². The van der Waals surface area contributed by atoms with Crippen molar-refractivity contribution in [2.45, 2.75) is 12.6 Å². The Labute approximate surface area is 199 Å². The van der Waals surface area contributed by atoms with Crippen molar-refractivity contribution in [2.75, 3.05) is 26.2 Å². The second-order valence-corrected chi connectivity index (χ2v) is 10.1. The average Bonchev–Trinajstić information content (AvgIpc) is 3.64. The molecule has 4 aromatic heterocycles. The summed E-state index contributed by atoms with van der Waals surface area (Å²) < 4.78 is 6.95. The zero-order valence-electron chi connectivity index (χ0n) is 17.9. The van der Waals surface area contributed by atoms with E-state index in [1.807, 2.05) is 6.07 Å². The van der Waals surface area contributed by atoms with E-state index in [-0.39, 0.29) is 11.9 Å². The Morgan fingerprint density at radius 3 is 2.55 bits per heavy atom. The number of rotatable bonds is 6. The van der Waals surface area contributed by atoms with Crippen molar-refractivity contribution in [2.24, 2.45) is 0 Å². The quantitative estimate of drug-likeness (QED) is 0.381. The Morgan fingerprint density at radius 1 is 1.00 bits per heavy atom. The topological polar surface area (TPSA) is 70.0 Å². The van der Waals surface area contributed by atoms with E-state index in [0.717, 1.165) is 37.6 Å². The smallest absolute Gasteiger partial charge is 0.230 e. The van der Waals surface area contributed by atoms with E-state index in [0.29, 0.717) is 16.5 Å². The predicted octanol–water partition coefficient (Wildman–Crippen LogP) is 4.73. The summed E-state index contributed by atoms with van der Waals surface area (Å²) in [5.41, 5.74) is 1.34. The third kappa shape index (κ3) is 3.97. The molecule has 0 aliphatic carbocycles. The Hall–Kier alpha value is -2.98. The second kappa shape index (κ2) is 8.75. The summed E-state index contributed by atoms with van der Waals surface area (Å²) in [7, 11) is 0. The van der Waals surface area contributed by atoms with Gasteiger partial charge in [-0.1, -0.05) is 47.7 Å². The van der Waals surface area contributed by atoms with Gasteiger partial charge in [0.2, 0.25) is 16.7 Å². The highest BCUT2D eigenvalue weighted by Gasteiger charge is 2.32. The molecule has 0 unspecified atom stereocenters. The van der Waals surface area contributed by atoms with Gasteiger partial charge in [0.05, 0.1) is 17.2 Å². The van der Waals surface area contributed by atoms with Gasteiger partial charge in [0.25, 0.3) is 0 Å². The zero-order valence-corrected chi connectivity index (χ0v) is 19.5. The number of benzene rings is 1. The molecule has 0 radical (unpaired) electrons. The van der Waals surface area contributed by atoms with Crippen molar-refractivity contribution < 1.29 is 9.52 Å². The number of nitrogens with zero attached hydrogens (tertiary/aromatic N) is 5. The lowest BCUT2D eigenvalue weighted by molar-refractivity contribution is 0.106. The van der Waals surface area contributed by atoms with E-state index in [9.17, 15) is 5.11 Å². The number of aromatic nitrogens is 3. The van der Waals surface area contributed by atoms with Crippen LogP contribution in [0.3, 0.4) is 0 Å². The highest BCUT2D eigenvalue weighted by molar-refractivity contribution is 7.17. The molecule has 6 rings (SSSR count).